The fourth-order valence-corrected chi connectivity index (χ4v) is 1.49. The maximum absolute atomic E-state index is 10.5. The van der Waals surface area contributed by atoms with E-state index in [0.29, 0.717) is 12.8 Å². The van der Waals surface area contributed by atoms with Crippen LogP contribution < -0.4 is 0 Å². The number of carboxylic acid groups (broad SMARTS) is 1. The summed E-state index contributed by atoms with van der Waals surface area (Å²) in [7, 11) is 0. The first kappa shape index (κ1) is 6.46. The average molecular weight is 152 g/mol. The molecule has 0 unspecified atom stereocenters. The summed E-state index contributed by atoms with van der Waals surface area (Å²) in [4.78, 5) is 10.5. The molecule has 1 N–H and O–H groups in total. The molecular weight excluding hydrogens is 144 g/mol. The molecule has 0 spiro atoms. The summed E-state index contributed by atoms with van der Waals surface area (Å²) in [5.74, 6) is -0.933. The standard InChI is InChI=1S/C8H8O3/c9-8(10)5-1-6-3-11-4-7(6)2-5/h3-5H,1-2H2,(H,9,10). The number of hydrogen-bond acceptors (Lipinski definition) is 2. The highest BCUT2D eigenvalue weighted by atomic mass is 16.4. The second kappa shape index (κ2) is 2.12. The van der Waals surface area contributed by atoms with Crippen molar-refractivity contribution in [2.24, 2.45) is 5.92 Å². The van der Waals surface area contributed by atoms with Gasteiger partial charge in [0.1, 0.15) is 0 Å². The van der Waals surface area contributed by atoms with E-state index < -0.39 is 5.97 Å². The zero-order valence-corrected chi connectivity index (χ0v) is 5.91. The van der Waals surface area contributed by atoms with Crippen LogP contribution in [0.5, 0.6) is 0 Å². The third-order valence-electron chi connectivity index (χ3n) is 2.11. The molecule has 0 bridgehead atoms. The predicted octanol–water partition coefficient (Wildman–Crippen LogP) is 1.08. The van der Waals surface area contributed by atoms with Crippen LogP contribution in [0.3, 0.4) is 0 Å². The van der Waals surface area contributed by atoms with Crippen molar-refractivity contribution >= 4 is 5.97 Å². The van der Waals surface area contributed by atoms with Gasteiger partial charge in [-0.05, 0) is 24.0 Å². The monoisotopic (exact) mass is 152 g/mol. The molecule has 0 aromatic carbocycles. The van der Waals surface area contributed by atoms with Crippen LogP contribution in [0.15, 0.2) is 16.9 Å². The lowest BCUT2D eigenvalue weighted by Gasteiger charge is -1.99. The summed E-state index contributed by atoms with van der Waals surface area (Å²) < 4.78 is 4.92. The van der Waals surface area contributed by atoms with Crippen LogP contribution in [-0.2, 0) is 17.6 Å². The van der Waals surface area contributed by atoms with Crippen molar-refractivity contribution in [2.75, 3.05) is 0 Å². The van der Waals surface area contributed by atoms with Crippen molar-refractivity contribution in [1.82, 2.24) is 0 Å². The molecule has 3 heteroatoms. The zero-order valence-electron chi connectivity index (χ0n) is 5.91. The van der Waals surface area contributed by atoms with E-state index in [4.69, 9.17) is 9.52 Å². The molecule has 0 saturated heterocycles. The Morgan fingerprint density at radius 3 is 2.45 bits per heavy atom. The van der Waals surface area contributed by atoms with E-state index >= 15 is 0 Å². The van der Waals surface area contributed by atoms with Gasteiger partial charge in [0, 0.05) is 0 Å². The van der Waals surface area contributed by atoms with Gasteiger partial charge in [-0.25, -0.2) is 0 Å². The predicted molar refractivity (Wildman–Crippen MR) is 37.2 cm³/mol. The van der Waals surface area contributed by atoms with Gasteiger partial charge in [0.25, 0.3) is 0 Å². The van der Waals surface area contributed by atoms with Crippen molar-refractivity contribution in [2.45, 2.75) is 12.8 Å². The van der Waals surface area contributed by atoms with E-state index in [-0.39, 0.29) is 5.92 Å². The molecular formula is C8H8O3. The van der Waals surface area contributed by atoms with Gasteiger partial charge in [-0.3, -0.25) is 4.79 Å². The zero-order chi connectivity index (χ0) is 7.84. The summed E-state index contributed by atoms with van der Waals surface area (Å²) in [6.07, 6.45) is 4.53. The van der Waals surface area contributed by atoms with Gasteiger partial charge < -0.3 is 9.52 Å². The SMILES string of the molecule is O=C(O)C1Cc2cocc2C1. The van der Waals surface area contributed by atoms with Crippen molar-refractivity contribution in [3.8, 4) is 0 Å². The molecule has 1 heterocycles. The molecule has 11 heavy (non-hydrogen) atoms. The number of rotatable bonds is 1. The molecule has 0 atom stereocenters. The van der Waals surface area contributed by atoms with Crippen molar-refractivity contribution < 1.29 is 14.3 Å². The minimum Gasteiger partial charge on any atom is -0.481 e. The number of aliphatic carboxylic acids is 1. The lowest BCUT2D eigenvalue weighted by Crippen LogP contribution is -2.13. The Morgan fingerprint density at radius 1 is 1.45 bits per heavy atom. The second-order valence-corrected chi connectivity index (χ2v) is 2.87. The topological polar surface area (TPSA) is 50.4 Å². The minimum absolute atomic E-state index is 0.226. The van der Waals surface area contributed by atoms with E-state index in [9.17, 15) is 4.79 Å². The van der Waals surface area contributed by atoms with Crippen LogP contribution in [0.25, 0.3) is 0 Å². The molecule has 1 aromatic heterocycles. The minimum atomic E-state index is -0.707. The van der Waals surface area contributed by atoms with Gasteiger partial charge in [-0.1, -0.05) is 0 Å². The Bertz CT molecular complexity index is 267. The Morgan fingerprint density at radius 2 is 2.00 bits per heavy atom. The third kappa shape index (κ3) is 0.926. The fraction of sp³-hybridized carbons (Fsp3) is 0.375. The summed E-state index contributed by atoms with van der Waals surface area (Å²) in [5.41, 5.74) is 2.11. The maximum Gasteiger partial charge on any atom is 0.307 e. The van der Waals surface area contributed by atoms with Gasteiger partial charge >= 0.3 is 5.97 Å². The summed E-state index contributed by atoms with van der Waals surface area (Å²) in [6.45, 7) is 0. The first-order valence-corrected chi connectivity index (χ1v) is 3.54. The smallest absolute Gasteiger partial charge is 0.307 e. The van der Waals surface area contributed by atoms with Gasteiger partial charge in [0.15, 0.2) is 0 Å². The lowest BCUT2D eigenvalue weighted by atomic mass is 10.1. The van der Waals surface area contributed by atoms with E-state index in [0.717, 1.165) is 11.1 Å². The highest BCUT2D eigenvalue weighted by molar-refractivity contribution is 5.72. The third-order valence-corrected chi connectivity index (χ3v) is 2.11. The molecule has 1 aliphatic carbocycles. The highest BCUT2D eigenvalue weighted by Gasteiger charge is 2.28. The van der Waals surface area contributed by atoms with Crippen LogP contribution >= 0.6 is 0 Å². The van der Waals surface area contributed by atoms with Crippen LogP contribution in [-0.4, -0.2) is 11.1 Å². The normalized spacial score (nSPS) is 16.7. The molecule has 0 amide bonds. The Labute approximate surface area is 63.6 Å². The van der Waals surface area contributed by atoms with Gasteiger partial charge in [0.05, 0.1) is 18.4 Å². The average Bonchev–Trinajstić information content (AvgIpc) is 2.40. The van der Waals surface area contributed by atoms with Crippen LogP contribution in [0.1, 0.15) is 11.1 Å². The number of furan rings is 1. The molecule has 58 valence electrons. The van der Waals surface area contributed by atoms with E-state index in [1.165, 1.54) is 0 Å². The molecule has 0 fully saturated rings. The highest BCUT2D eigenvalue weighted by Crippen LogP contribution is 2.27. The number of carbonyl (C=O) groups is 1. The lowest BCUT2D eigenvalue weighted by molar-refractivity contribution is -0.141. The van der Waals surface area contributed by atoms with Gasteiger partial charge in [-0.15, -0.1) is 0 Å². The van der Waals surface area contributed by atoms with Crippen LogP contribution in [0.4, 0.5) is 0 Å². The molecule has 1 aliphatic rings. The van der Waals surface area contributed by atoms with Gasteiger partial charge in [0.2, 0.25) is 0 Å². The van der Waals surface area contributed by atoms with Gasteiger partial charge in [-0.2, -0.15) is 0 Å². The Hall–Kier alpha value is -1.25. The van der Waals surface area contributed by atoms with Crippen molar-refractivity contribution in [1.29, 1.82) is 0 Å². The molecule has 2 rings (SSSR count). The first-order chi connectivity index (χ1) is 5.27. The fourth-order valence-electron chi connectivity index (χ4n) is 1.49. The van der Waals surface area contributed by atoms with Crippen LogP contribution in [0, 0.1) is 5.92 Å². The Balaban J connectivity index is 2.22. The second-order valence-electron chi connectivity index (χ2n) is 2.87. The molecule has 0 radical (unpaired) electrons. The van der Waals surface area contributed by atoms with E-state index in [1.807, 2.05) is 0 Å². The van der Waals surface area contributed by atoms with E-state index in [2.05, 4.69) is 0 Å². The first-order valence-electron chi connectivity index (χ1n) is 3.54. The number of fused-ring (bicyclic) bond motifs is 1. The number of hydrogen-bond donors (Lipinski definition) is 1. The molecule has 1 aromatic rings. The summed E-state index contributed by atoms with van der Waals surface area (Å²) >= 11 is 0. The maximum atomic E-state index is 10.5. The molecule has 0 aliphatic heterocycles. The number of carboxylic acids is 1. The summed E-state index contributed by atoms with van der Waals surface area (Å²) in [5, 5.41) is 8.67. The van der Waals surface area contributed by atoms with Crippen LogP contribution in [0.2, 0.25) is 0 Å². The summed E-state index contributed by atoms with van der Waals surface area (Å²) in [6, 6.07) is 0. The quantitative estimate of drug-likeness (QED) is 0.655. The largest absolute Gasteiger partial charge is 0.481 e. The molecule has 3 nitrogen and oxygen atoms in total. The van der Waals surface area contributed by atoms with Crippen molar-refractivity contribution in [3.63, 3.8) is 0 Å². The molecule has 0 saturated carbocycles. The van der Waals surface area contributed by atoms with E-state index in [1.54, 1.807) is 12.5 Å². The Kier molecular flexibility index (Phi) is 1.24. The van der Waals surface area contributed by atoms with Crippen molar-refractivity contribution in [3.05, 3.63) is 23.7 Å².